The van der Waals surface area contributed by atoms with Crippen LogP contribution >= 0.6 is 11.6 Å². The predicted molar refractivity (Wildman–Crippen MR) is 78.5 cm³/mol. The van der Waals surface area contributed by atoms with Crippen molar-refractivity contribution in [1.29, 1.82) is 0 Å². The zero-order valence-corrected chi connectivity index (χ0v) is 12.3. The largest absolute Gasteiger partial charge is 0.293 e. The van der Waals surface area contributed by atoms with Gasteiger partial charge in [0.15, 0.2) is 0 Å². The first-order chi connectivity index (χ1) is 9.74. The van der Waals surface area contributed by atoms with Crippen LogP contribution < -0.4 is 0 Å². The third-order valence-corrected chi connectivity index (χ3v) is 3.79. The summed E-state index contributed by atoms with van der Waals surface area (Å²) in [5, 5.41) is 0.551. The standard InChI is InChI=1S/C15H17ClN4/c1-2-15-18-8-12-4-6-20(10-13(12)19-15)9-11-3-5-17-14(16)7-11/h3,5,7-8H,2,4,6,9-10H2,1H3. The maximum absolute atomic E-state index is 5.93. The van der Waals surface area contributed by atoms with Gasteiger partial charge in [-0.05, 0) is 29.7 Å². The van der Waals surface area contributed by atoms with E-state index in [4.69, 9.17) is 11.6 Å². The lowest BCUT2D eigenvalue weighted by atomic mass is 10.1. The van der Waals surface area contributed by atoms with Gasteiger partial charge in [-0.2, -0.15) is 0 Å². The highest BCUT2D eigenvalue weighted by Gasteiger charge is 2.18. The molecule has 0 aromatic carbocycles. The zero-order valence-electron chi connectivity index (χ0n) is 11.5. The number of hydrogen-bond donors (Lipinski definition) is 0. The van der Waals surface area contributed by atoms with Gasteiger partial charge in [-0.15, -0.1) is 0 Å². The smallest absolute Gasteiger partial charge is 0.129 e. The minimum absolute atomic E-state index is 0.551. The van der Waals surface area contributed by atoms with E-state index < -0.39 is 0 Å². The van der Waals surface area contributed by atoms with Crippen molar-refractivity contribution in [1.82, 2.24) is 19.9 Å². The van der Waals surface area contributed by atoms with E-state index in [0.717, 1.165) is 38.3 Å². The quantitative estimate of drug-likeness (QED) is 0.814. The van der Waals surface area contributed by atoms with Crippen LogP contribution in [0.1, 0.15) is 29.6 Å². The van der Waals surface area contributed by atoms with E-state index >= 15 is 0 Å². The van der Waals surface area contributed by atoms with E-state index in [2.05, 4.69) is 26.8 Å². The molecule has 0 spiro atoms. The van der Waals surface area contributed by atoms with Gasteiger partial charge in [0, 0.05) is 38.4 Å². The molecule has 5 heteroatoms. The lowest BCUT2D eigenvalue weighted by molar-refractivity contribution is 0.240. The topological polar surface area (TPSA) is 41.9 Å². The van der Waals surface area contributed by atoms with Crippen molar-refractivity contribution in [2.45, 2.75) is 32.9 Å². The summed E-state index contributed by atoms with van der Waals surface area (Å²) in [6.07, 6.45) is 5.64. The van der Waals surface area contributed by atoms with Crippen molar-refractivity contribution in [2.75, 3.05) is 6.54 Å². The maximum atomic E-state index is 5.93. The van der Waals surface area contributed by atoms with Crippen LogP contribution in [0.2, 0.25) is 5.15 Å². The molecule has 0 radical (unpaired) electrons. The summed E-state index contributed by atoms with van der Waals surface area (Å²) in [6, 6.07) is 3.94. The molecule has 0 amide bonds. The van der Waals surface area contributed by atoms with Crippen molar-refractivity contribution in [2.24, 2.45) is 0 Å². The molecule has 0 unspecified atom stereocenters. The summed E-state index contributed by atoms with van der Waals surface area (Å²) in [5.74, 6) is 0.928. The highest BCUT2D eigenvalue weighted by Crippen LogP contribution is 2.19. The number of aromatic nitrogens is 3. The molecule has 104 valence electrons. The third-order valence-electron chi connectivity index (χ3n) is 3.59. The van der Waals surface area contributed by atoms with E-state index in [9.17, 15) is 0 Å². The molecule has 4 nitrogen and oxygen atoms in total. The predicted octanol–water partition coefficient (Wildman–Crippen LogP) is 2.65. The third kappa shape index (κ3) is 2.97. The number of halogens is 1. The van der Waals surface area contributed by atoms with Gasteiger partial charge in [0.2, 0.25) is 0 Å². The van der Waals surface area contributed by atoms with Crippen LogP contribution in [0, 0.1) is 0 Å². The summed E-state index contributed by atoms with van der Waals surface area (Å²) in [4.78, 5) is 15.4. The van der Waals surface area contributed by atoms with Crippen molar-refractivity contribution >= 4 is 11.6 Å². The first-order valence-electron chi connectivity index (χ1n) is 6.91. The Kier molecular flexibility index (Phi) is 3.94. The molecule has 0 saturated carbocycles. The summed E-state index contributed by atoms with van der Waals surface area (Å²) in [6.45, 7) is 4.88. The number of fused-ring (bicyclic) bond motifs is 1. The monoisotopic (exact) mass is 288 g/mol. The fourth-order valence-corrected chi connectivity index (χ4v) is 2.70. The van der Waals surface area contributed by atoms with Crippen LogP contribution in [0.4, 0.5) is 0 Å². The Hall–Kier alpha value is -1.52. The Morgan fingerprint density at radius 2 is 2.25 bits per heavy atom. The van der Waals surface area contributed by atoms with Gasteiger partial charge in [-0.1, -0.05) is 18.5 Å². The second-order valence-corrected chi connectivity index (χ2v) is 5.45. The van der Waals surface area contributed by atoms with Gasteiger partial charge >= 0.3 is 0 Å². The van der Waals surface area contributed by atoms with Crippen molar-refractivity contribution in [3.05, 3.63) is 52.3 Å². The van der Waals surface area contributed by atoms with Crippen LogP contribution in [0.3, 0.4) is 0 Å². The average Bonchev–Trinajstić information content (AvgIpc) is 2.46. The van der Waals surface area contributed by atoms with Gasteiger partial charge in [-0.3, -0.25) is 4.90 Å². The van der Waals surface area contributed by atoms with Crippen LogP contribution in [0.15, 0.2) is 24.5 Å². The van der Waals surface area contributed by atoms with Crippen molar-refractivity contribution in [3.63, 3.8) is 0 Å². The van der Waals surface area contributed by atoms with E-state index in [1.165, 1.54) is 16.8 Å². The molecule has 0 N–H and O–H groups in total. The number of nitrogens with zero attached hydrogens (tertiary/aromatic N) is 4. The fourth-order valence-electron chi connectivity index (χ4n) is 2.50. The first kappa shape index (κ1) is 13.5. The fraction of sp³-hybridized carbons (Fsp3) is 0.400. The molecule has 3 heterocycles. The highest BCUT2D eigenvalue weighted by atomic mass is 35.5. The van der Waals surface area contributed by atoms with E-state index in [0.29, 0.717) is 5.15 Å². The van der Waals surface area contributed by atoms with Crippen LogP contribution in [-0.2, 0) is 25.9 Å². The Balaban J connectivity index is 1.74. The van der Waals surface area contributed by atoms with E-state index in [1.54, 1.807) is 6.20 Å². The summed E-state index contributed by atoms with van der Waals surface area (Å²) >= 11 is 5.93. The molecule has 1 aliphatic heterocycles. The van der Waals surface area contributed by atoms with Crippen LogP contribution in [0.5, 0.6) is 0 Å². The average molecular weight is 289 g/mol. The van der Waals surface area contributed by atoms with Crippen molar-refractivity contribution < 1.29 is 0 Å². The minimum Gasteiger partial charge on any atom is -0.293 e. The van der Waals surface area contributed by atoms with Gasteiger partial charge in [0.05, 0.1) is 5.69 Å². The molecular formula is C15H17ClN4. The van der Waals surface area contributed by atoms with Gasteiger partial charge in [0.1, 0.15) is 11.0 Å². The minimum atomic E-state index is 0.551. The molecule has 0 bridgehead atoms. The summed E-state index contributed by atoms with van der Waals surface area (Å²) in [5.41, 5.74) is 3.65. The van der Waals surface area contributed by atoms with Gasteiger partial charge in [-0.25, -0.2) is 15.0 Å². The molecule has 20 heavy (non-hydrogen) atoms. The number of rotatable bonds is 3. The molecule has 2 aromatic rings. The molecule has 1 aliphatic rings. The second kappa shape index (κ2) is 5.85. The molecule has 0 atom stereocenters. The normalized spacial score (nSPS) is 15.1. The molecule has 0 saturated heterocycles. The molecule has 0 fully saturated rings. The van der Waals surface area contributed by atoms with Gasteiger partial charge in [0.25, 0.3) is 0 Å². The Morgan fingerprint density at radius 3 is 3.05 bits per heavy atom. The Morgan fingerprint density at radius 1 is 1.35 bits per heavy atom. The van der Waals surface area contributed by atoms with Crippen LogP contribution in [-0.4, -0.2) is 26.4 Å². The Bertz CT molecular complexity index is 615. The first-order valence-corrected chi connectivity index (χ1v) is 7.29. The van der Waals surface area contributed by atoms with E-state index in [1.807, 2.05) is 18.3 Å². The molecule has 0 aliphatic carbocycles. The van der Waals surface area contributed by atoms with Crippen LogP contribution in [0.25, 0.3) is 0 Å². The zero-order chi connectivity index (χ0) is 13.9. The number of pyridine rings is 1. The summed E-state index contributed by atoms with van der Waals surface area (Å²) < 4.78 is 0. The number of aryl methyl sites for hydroxylation is 1. The summed E-state index contributed by atoms with van der Waals surface area (Å²) in [7, 11) is 0. The highest BCUT2D eigenvalue weighted by molar-refractivity contribution is 6.29. The lowest BCUT2D eigenvalue weighted by Crippen LogP contribution is -2.31. The van der Waals surface area contributed by atoms with E-state index in [-0.39, 0.29) is 0 Å². The lowest BCUT2D eigenvalue weighted by Gasteiger charge is -2.28. The molecular weight excluding hydrogens is 272 g/mol. The number of hydrogen-bond acceptors (Lipinski definition) is 4. The molecule has 2 aromatic heterocycles. The second-order valence-electron chi connectivity index (χ2n) is 5.06. The van der Waals surface area contributed by atoms with Crippen molar-refractivity contribution in [3.8, 4) is 0 Å². The maximum Gasteiger partial charge on any atom is 0.129 e. The molecule has 3 rings (SSSR count). The SMILES string of the molecule is CCc1ncc2c(n1)CN(Cc1ccnc(Cl)c1)CC2. The van der Waals surface area contributed by atoms with Gasteiger partial charge < -0.3 is 0 Å². The Labute approximate surface area is 123 Å².